The van der Waals surface area contributed by atoms with Crippen LogP contribution >= 0.6 is 0 Å². The fraction of sp³-hybridized carbons (Fsp3) is 0.348. The summed E-state index contributed by atoms with van der Waals surface area (Å²) >= 11 is 0. The molecular formula is C23H26N2O2. The van der Waals surface area contributed by atoms with E-state index in [0.717, 1.165) is 42.6 Å². The number of fused-ring (bicyclic) bond motifs is 1. The summed E-state index contributed by atoms with van der Waals surface area (Å²) < 4.78 is 11.6. The summed E-state index contributed by atoms with van der Waals surface area (Å²) in [6.45, 7) is 7.08. The topological polar surface area (TPSA) is 43.4 Å². The highest BCUT2D eigenvalue weighted by atomic mass is 16.5. The predicted molar refractivity (Wildman–Crippen MR) is 108 cm³/mol. The van der Waals surface area contributed by atoms with Crippen molar-refractivity contribution in [2.24, 2.45) is 0 Å². The summed E-state index contributed by atoms with van der Waals surface area (Å²) in [5.74, 6) is 0.709. The normalized spacial score (nSPS) is 16.7. The maximum atomic E-state index is 6.18. The van der Waals surface area contributed by atoms with Gasteiger partial charge in [0.2, 0.25) is 5.88 Å². The van der Waals surface area contributed by atoms with E-state index in [4.69, 9.17) is 14.5 Å². The molecule has 1 N–H and O–H groups in total. The van der Waals surface area contributed by atoms with Gasteiger partial charge in [0.1, 0.15) is 6.61 Å². The third-order valence-electron chi connectivity index (χ3n) is 5.15. The lowest BCUT2D eigenvalue weighted by atomic mass is 10.1. The van der Waals surface area contributed by atoms with Crippen molar-refractivity contribution < 1.29 is 9.47 Å². The van der Waals surface area contributed by atoms with E-state index in [1.807, 2.05) is 6.07 Å². The molecule has 1 atom stereocenters. The van der Waals surface area contributed by atoms with Crippen molar-refractivity contribution in [3.63, 3.8) is 0 Å². The monoisotopic (exact) mass is 362 g/mol. The van der Waals surface area contributed by atoms with Crippen molar-refractivity contribution in [3.05, 3.63) is 70.8 Å². The molecule has 4 heteroatoms. The van der Waals surface area contributed by atoms with Gasteiger partial charge in [-0.25, -0.2) is 4.98 Å². The minimum absolute atomic E-state index is 0.405. The van der Waals surface area contributed by atoms with Gasteiger partial charge in [-0.05, 0) is 49.6 Å². The SMILES string of the molecule is Cc1ccc2nc(OCc3ccccc3C)c(CNC3CCOC3)cc2c1. The van der Waals surface area contributed by atoms with Gasteiger partial charge in [-0.1, -0.05) is 35.9 Å². The van der Waals surface area contributed by atoms with E-state index in [-0.39, 0.29) is 0 Å². The van der Waals surface area contributed by atoms with Gasteiger partial charge in [0.15, 0.2) is 0 Å². The van der Waals surface area contributed by atoms with E-state index in [2.05, 4.69) is 61.6 Å². The highest BCUT2D eigenvalue weighted by Crippen LogP contribution is 2.25. The molecule has 1 aliphatic heterocycles. The Balaban J connectivity index is 1.60. The van der Waals surface area contributed by atoms with Crippen LogP contribution < -0.4 is 10.1 Å². The molecule has 4 rings (SSSR count). The van der Waals surface area contributed by atoms with Crippen LogP contribution in [0.1, 0.15) is 28.7 Å². The third kappa shape index (κ3) is 4.29. The standard InChI is InChI=1S/C23H26N2O2/c1-16-7-8-22-19(11-16)12-20(13-24-21-9-10-26-15-21)23(25-22)27-14-18-6-4-3-5-17(18)2/h3-8,11-12,21,24H,9-10,13-15H2,1-2H3. The van der Waals surface area contributed by atoms with E-state index >= 15 is 0 Å². The Morgan fingerprint density at radius 3 is 2.81 bits per heavy atom. The molecule has 1 unspecified atom stereocenters. The van der Waals surface area contributed by atoms with Crippen LogP contribution in [0.4, 0.5) is 0 Å². The molecule has 140 valence electrons. The first-order chi connectivity index (χ1) is 13.2. The minimum Gasteiger partial charge on any atom is -0.473 e. The van der Waals surface area contributed by atoms with E-state index in [1.54, 1.807) is 0 Å². The number of hydrogen-bond donors (Lipinski definition) is 1. The quantitative estimate of drug-likeness (QED) is 0.710. The van der Waals surface area contributed by atoms with E-state index < -0.39 is 0 Å². The number of hydrogen-bond acceptors (Lipinski definition) is 4. The van der Waals surface area contributed by atoms with Crippen molar-refractivity contribution in [1.29, 1.82) is 0 Å². The van der Waals surface area contributed by atoms with E-state index in [0.29, 0.717) is 18.5 Å². The molecule has 1 saturated heterocycles. The molecular weight excluding hydrogens is 336 g/mol. The summed E-state index contributed by atoms with van der Waals surface area (Å²) in [6.07, 6.45) is 1.06. The third-order valence-corrected chi connectivity index (χ3v) is 5.15. The Bertz CT molecular complexity index is 933. The second-order valence-corrected chi connectivity index (χ2v) is 7.31. The molecule has 1 aromatic heterocycles. The number of nitrogens with one attached hydrogen (secondary N) is 1. The van der Waals surface area contributed by atoms with Gasteiger partial charge in [0.05, 0.1) is 12.1 Å². The zero-order chi connectivity index (χ0) is 18.6. The number of rotatable bonds is 6. The molecule has 0 amide bonds. The minimum atomic E-state index is 0.405. The summed E-state index contributed by atoms with van der Waals surface area (Å²) in [6, 6.07) is 17.2. The van der Waals surface area contributed by atoms with Crippen molar-refractivity contribution in [1.82, 2.24) is 10.3 Å². The van der Waals surface area contributed by atoms with E-state index in [9.17, 15) is 0 Å². The molecule has 2 heterocycles. The summed E-state index contributed by atoms with van der Waals surface area (Å²) in [7, 11) is 0. The second-order valence-electron chi connectivity index (χ2n) is 7.31. The zero-order valence-electron chi connectivity index (χ0n) is 16.0. The molecule has 2 aromatic carbocycles. The number of benzene rings is 2. The molecule has 1 fully saturated rings. The Morgan fingerprint density at radius 2 is 2.00 bits per heavy atom. The first-order valence-electron chi connectivity index (χ1n) is 9.58. The van der Waals surface area contributed by atoms with Gasteiger partial charge in [0.25, 0.3) is 0 Å². The predicted octanol–water partition coefficient (Wildman–Crippen LogP) is 4.31. The van der Waals surface area contributed by atoms with Crippen LogP contribution in [0.15, 0.2) is 48.5 Å². The number of aryl methyl sites for hydroxylation is 2. The Kier molecular flexibility index (Phi) is 5.37. The van der Waals surface area contributed by atoms with Gasteiger partial charge in [0, 0.05) is 30.1 Å². The molecule has 0 aliphatic carbocycles. The first-order valence-corrected chi connectivity index (χ1v) is 9.58. The fourth-order valence-electron chi connectivity index (χ4n) is 3.44. The van der Waals surface area contributed by atoms with Crippen molar-refractivity contribution in [3.8, 4) is 5.88 Å². The van der Waals surface area contributed by atoms with Crippen LogP contribution in [0.25, 0.3) is 10.9 Å². The number of aromatic nitrogens is 1. The van der Waals surface area contributed by atoms with Gasteiger partial charge in [-0.2, -0.15) is 0 Å². The van der Waals surface area contributed by atoms with Crippen LogP contribution in [-0.4, -0.2) is 24.2 Å². The van der Waals surface area contributed by atoms with Crippen LogP contribution in [0, 0.1) is 13.8 Å². The largest absolute Gasteiger partial charge is 0.473 e. The molecule has 1 aliphatic rings. The van der Waals surface area contributed by atoms with Crippen LogP contribution in [0.5, 0.6) is 5.88 Å². The summed E-state index contributed by atoms with van der Waals surface area (Å²) in [5, 5.41) is 4.73. The maximum Gasteiger partial charge on any atom is 0.218 e. The van der Waals surface area contributed by atoms with Crippen molar-refractivity contribution in [2.75, 3.05) is 13.2 Å². The fourth-order valence-corrected chi connectivity index (χ4v) is 3.44. The smallest absolute Gasteiger partial charge is 0.218 e. The molecule has 0 saturated carbocycles. The average molecular weight is 362 g/mol. The van der Waals surface area contributed by atoms with E-state index in [1.165, 1.54) is 16.7 Å². The first kappa shape index (κ1) is 18.0. The van der Waals surface area contributed by atoms with Gasteiger partial charge >= 0.3 is 0 Å². The van der Waals surface area contributed by atoms with Crippen molar-refractivity contribution in [2.45, 2.75) is 39.5 Å². The summed E-state index contributed by atoms with van der Waals surface area (Å²) in [5.41, 5.74) is 5.71. The molecule has 0 bridgehead atoms. The highest BCUT2D eigenvalue weighted by Gasteiger charge is 2.16. The average Bonchev–Trinajstić information content (AvgIpc) is 3.19. The number of pyridine rings is 1. The molecule has 0 radical (unpaired) electrons. The lowest BCUT2D eigenvalue weighted by molar-refractivity contribution is 0.189. The number of ether oxygens (including phenoxy) is 2. The van der Waals surface area contributed by atoms with Gasteiger partial charge in [-0.15, -0.1) is 0 Å². The van der Waals surface area contributed by atoms with Crippen LogP contribution in [0.2, 0.25) is 0 Å². The van der Waals surface area contributed by atoms with Crippen LogP contribution in [0.3, 0.4) is 0 Å². The molecule has 4 nitrogen and oxygen atoms in total. The molecule has 27 heavy (non-hydrogen) atoms. The lowest BCUT2D eigenvalue weighted by Gasteiger charge is -2.16. The molecule has 0 spiro atoms. The maximum absolute atomic E-state index is 6.18. The van der Waals surface area contributed by atoms with Crippen molar-refractivity contribution >= 4 is 10.9 Å². The van der Waals surface area contributed by atoms with Gasteiger partial charge < -0.3 is 14.8 Å². The highest BCUT2D eigenvalue weighted by molar-refractivity contribution is 5.80. The Hall–Kier alpha value is -2.43. The second kappa shape index (κ2) is 8.07. The Labute approximate surface area is 160 Å². The Morgan fingerprint density at radius 1 is 1.11 bits per heavy atom. The lowest BCUT2D eigenvalue weighted by Crippen LogP contribution is -2.28. The van der Waals surface area contributed by atoms with Gasteiger partial charge in [-0.3, -0.25) is 0 Å². The summed E-state index contributed by atoms with van der Waals surface area (Å²) in [4.78, 5) is 4.81. The zero-order valence-corrected chi connectivity index (χ0v) is 16.0. The number of nitrogens with zero attached hydrogens (tertiary/aromatic N) is 1. The molecule has 3 aromatic rings. The van der Waals surface area contributed by atoms with Crippen LogP contribution in [-0.2, 0) is 17.9 Å².